The molecular weight excluding hydrogens is 672 g/mol. The Morgan fingerprint density at radius 1 is 0.423 bits per heavy atom. The predicted molar refractivity (Wildman–Crippen MR) is 186 cm³/mol. The molecule has 0 bridgehead atoms. The first-order chi connectivity index (χ1) is 25.1. The fourth-order valence-electron chi connectivity index (χ4n) is 4.36. The fourth-order valence-corrected chi connectivity index (χ4v) is 4.36. The van der Waals surface area contributed by atoms with Crippen molar-refractivity contribution in [2.24, 2.45) is 0 Å². The van der Waals surface area contributed by atoms with Crippen molar-refractivity contribution >= 4 is 35.8 Å². The van der Waals surface area contributed by atoms with Gasteiger partial charge in [-0.15, -0.1) is 0 Å². The van der Waals surface area contributed by atoms with E-state index in [1.807, 2.05) is 0 Å². The van der Waals surface area contributed by atoms with Crippen molar-refractivity contribution < 1.29 is 57.2 Å². The summed E-state index contributed by atoms with van der Waals surface area (Å²) in [5, 5.41) is 0. The average Bonchev–Trinajstić information content (AvgIpc) is 3.15. The molecule has 266 valence electrons. The highest BCUT2D eigenvalue weighted by Gasteiger charge is 2.13. The molecular formula is C40H34O12. The predicted octanol–water partition coefficient (Wildman–Crippen LogP) is 7.02. The molecule has 4 aromatic carbocycles. The van der Waals surface area contributed by atoms with E-state index >= 15 is 0 Å². The number of benzene rings is 4. The zero-order chi connectivity index (χ0) is 37.3. The van der Waals surface area contributed by atoms with Crippen LogP contribution >= 0.6 is 0 Å². The minimum Gasteiger partial charge on any atom is -0.462 e. The number of hydrogen-bond acceptors (Lipinski definition) is 12. The van der Waals surface area contributed by atoms with Crippen LogP contribution in [0.2, 0.25) is 0 Å². The first-order valence-electron chi connectivity index (χ1n) is 16.0. The molecule has 0 atom stereocenters. The van der Waals surface area contributed by atoms with Crippen LogP contribution in [0.4, 0.5) is 0 Å². The van der Waals surface area contributed by atoms with Crippen molar-refractivity contribution in [3.63, 3.8) is 0 Å². The van der Waals surface area contributed by atoms with Crippen LogP contribution in [0, 0.1) is 0 Å². The highest BCUT2D eigenvalue weighted by molar-refractivity contribution is 5.93. The van der Waals surface area contributed by atoms with Gasteiger partial charge in [0.1, 0.15) is 28.7 Å². The van der Waals surface area contributed by atoms with E-state index < -0.39 is 35.8 Å². The third-order valence-electron chi connectivity index (χ3n) is 7.03. The maximum absolute atomic E-state index is 12.4. The van der Waals surface area contributed by atoms with E-state index in [1.54, 1.807) is 0 Å². The van der Waals surface area contributed by atoms with E-state index in [0.717, 1.165) is 25.0 Å². The van der Waals surface area contributed by atoms with E-state index in [-0.39, 0.29) is 47.2 Å². The number of unbranched alkanes of at least 4 members (excludes halogenated alkanes) is 3. The molecule has 0 aliphatic rings. The summed E-state index contributed by atoms with van der Waals surface area (Å²) in [5.74, 6) is -2.10. The van der Waals surface area contributed by atoms with Gasteiger partial charge in [-0.1, -0.05) is 26.0 Å². The third-order valence-corrected chi connectivity index (χ3v) is 7.03. The molecule has 0 saturated heterocycles. The Labute approximate surface area is 299 Å². The van der Waals surface area contributed by atoms with Crippen molar-refractivity contribution in [3.8, 4) is 28.7 Å². The standard InChI is InChI=1S/C40H34O12/c1-3-35(41)48-30-16-12-28(13-17-30)39(45)51-33-20-10-27(11-21-33)38(44)47-26-8-6-5-7-9-37(43)50-32-22-24-34(25-23-32)52-40(46)29-14-18-31(19-15-29)49-36(42)4-2/h3-4,10-25H,1-2,5-9,26H2. The van der Waals surface area contributed by atoms with E-state index in [2.05, 4.69) is 13.2 Å². The van der Waals surface area contributed by atoms with Crippen molar-refractivity contribution in [2.45, 2.75) is 32.1 Å². The van der Waals surface area contributed by atoms with Gasteiger partial charge in [-0.05, 0) is 110 Å². The zero-order valence-electron chi connectivity index (χ0n) is 27.9. The summed E-state index contributed by atoms with van der Waals surface area (Å²) in [4.78, 5) is 72.0. The zero-order valence-corrected chi connectivity index (χ0v) is 27.9. The summed E-state index contributed by atoms with van der Waals surface area (Å²) in [5.41, 5.74) is 0.780. The highest BCUT2D eigenvalue weighted by atomic mass is 16.6. The van der Waals surface area contributed by atoms with Crippen LogP contribution < -0.4 is 23.7 Å². The number of rotatable bonds is 17. The second-order valence-corrected chi connectivity index (χ2v) is 10.8. The molecule has 4 aromatic rings. The maximum atomic E-state index is 12.4. The lowest BCUT2D eigenvalue weighted by atomic mass is 10.1. The number of carbonyl (C=O) groups is 6. The van der Waals surface area contributed by atoms with Crippen LogP contribution in [0.15, 0.2) is 122 Å². The van der Waals surface area contributed by atoms with Crippen LogP contribution in [0.3, 0.4) is 0 Å². The molecule has 0 aliphatic heterocycles. The van der Waals surface area contributed by atoms with Gasteiger partial charge in [-0.25, -0.2) is 24.0 Å². The molecule has 0 aromatic heterocycles. The normalized spacial score (nSPS) is 10.2. The molecule has 0 spiro atoms. The Bertz CT molecular complexity index is 1890. The molecule has 0 radical (unpaired) electrons. The Balaban J connectivity index is 1.07. The number of hydrogen-bond donors (Lipinski definition) is 0. The van der Waals surface area contributed by atoms with Crippen LogP contribution in [-0.4, -0.2) is 42.4 Å². The molecule has 0 heterocycles. The minimum atomic E-state index is -0.628. The lowest BCUT2D eigenvalue weighted by Crippen LogP contribution is -2.10. The van der Waals surface area contributed by atoms with Crippen LogP contribution in [-0.2, 0) is 19.1 Å². The number of esters is 6. The summed E-state index contributed by atoms with van der Waals surface area (Å²) >= 11 is 0. The van der Waals surface area contributed by atoms with E-state index in [9.17, 15) is 28.8 Å². The number of ether oxygens (including phenoxy) is 6. The van der Waals surface area contributed by atoms with Gasteiger partial charge < -0.3 is 28.4 Å². The van der Waals surface area contributed by atoms with Crippen LogP contribution in [0.5, 0.6) is 28.7 Å². The lowest BCUT2D eigenvalue weighted by Gasteiger charge is -2.08. The van der Waals surface area contributed by atoms with Gasteiger partial charge in [0.15, 0.2) is 0 Å². The average molecular weight is 707 g/mol. The van der Waals surface area contributed by atoms with Crippen molar-refractivity contribution in [3.05, 3.63) is 139 Å². The largest absolute Gasteiger partial charge is 0.462 e. The van der Waals surface area contributed by atoms with Gasteiger partial charge in [0, 0.05) is 18.6 Å². The molecule has 12 nitrogen and oxygen atoms in total. The monoisotopic (exact) mass is 706 g/mol. The van der Waals surface area contributed by atoms with E-state index in [0.29, 0.717) is 24.2 Å². The fraction of sp³-hybridized carbons (Fsp3) is 0.150. The van der Waals surface area contributed by atoms with Crippen LogP contribution in [0.1, 0.15) is 63.2 Å². The van der Waals surface area contributed by atoms with E-state index in [1.165, 1.54) is 97.1 Å². The third kappa shape index (κ3) is 12.3. The molecule has 0 amide bonds. The quantitative estimate of drug-likeness (QED) is 0.0479. The molecule has 0 unspecified atom stereocenters. The molecule has 0 aliphatic carbocycles. The Morgan fingerprint density at radius 2 is 0.769 bits per heavy atom. The first kappa shape index (κ1) is 38.0. The van der Waals surface area contributed by atoms with Crippen molar-refractivity contribution in [1.29, 1.82) is 0 Å². The summed E-state index contributed by atoms with van der Waals surface area (Å²) in [6.07, 6.45) is 4.90. The van der Waals surface area contributed by atoms with Gasteiger partial charge in [-0.2, -0.15) is 0 Å². The summed E-state index contributed by atoms with van der Waals surface area (Å²) in [7, 11) is 0. The van der Waals surface area contributed by atoms with Crippen LogP contribution in [0.25, 0.3) is 0 Å². The summed E-state index contributed by atoms with van der Waals surface area (Å²) in [6, 6.07) is 23.6. The number of carbonyl (C=O) groups excluding carboxylic acids is 6. The lowest BCUT2D eigenvalue weighted by molar-refractivity contribution is -0.134. The second-order valence-electron chi connectivity index (χ2n) is 10.8. The van der Waals surface area contributed by atoms with Gasteiger partial charge in [0.05, 0.1) is 23.3 Å². The van der Waals surface area contributed by atoms with Crippen molar-refractivity contribution in [1.82, 2.24) is 0 Å². The van der Waals surface area contributed by atoms with Gasteiger partial charge in [-0.3, -0.25) is 4.79 Å². The molecule has 12 heteroatoms. The molecule has 0 fully saturated rings. The summed E-state index contributed by atoms with van der Waals surface area (Å²) in [6.45, 7) is 6.84. The Kier molecular flexibility index (Phi) is 14.2. The molecule has 4 rings (SSSR count). The second kappa shape index (κ2) is 19.4. The molecule has 52 heavy (non-hydrogen) atoms. The van der Waals surface area contributed by atoms with Crippen molar-refractivity contribution in [2.75, 3.05) is 6.61 Å². The Hall–Kier alpha value is -6.82. The van der Waals surface area contributed by atoms with Gasteiger partial charge >= 0.3 is 35.8 Å². The van der Waals surface area contributed by atoms with Gasteiger partial charge in [0.25, 0.3) is 0 Å². The summed E-state index contributed by atoms with van der Waals surface area (Å²) < 4.78 is 31.3. The smallest absolute Gasteiger partial charge is 0.343 e. The molecule has 0 saturated carbocycles. The first-order valence-corrected chi connectivity index (χ1v) is 16.0. The van der Waals surface area contributed by atoms with Gasteiger partial charge in [0.2, 0.25) is 0 Å². The topological polar surface area (TPSA) is 158 Å². The highest BCUT2D eigenvalue weighted by Crippen LogP contribution is 2.21. The minimum absolute atomic E-state index is 0.196. The maximum Gasteiger partial charge on any atom is 0.343 e. The SMILES string of the molecule is C=CC(=O)Oc1ccc(C(=O)Oc2ccc(OC(=O)CCCCCCOC(=O)c3ccc(OC(=O)c4ccc(OC(=O)C=C)cc4)cc3)cc2)cc1. The Morgan fingerprint density at radius 3 is 1.19 bits per heavy atom. The van der Waals surface area contributed by atoms with E-state index in [4.69, 9.17) is 28.4 Å². The molecule has 0 N–H and O–H groups in total.